The molecule has 0 amide bonds. The lowest BCUT2D eigenvalue weighted by molar-refractivity contribution is 0.170. The molecule has 0 aliphatic carbocycles. The van der Waals surface area contributed by atoms with Gasteiger partial charge in [0.05, 0.1) is 10.9 Å². The van der Waals surface area contributed by atoms with Crippen LogP contribution in [-0.2, 0) is 16.4 Å². The van der Waals surface area contributed by atoms with E-state index in [9.17, 15) is 13.7 Å². The van der Waals surface area contributed by atoms with Gasteiger partial charge in [0.1, 0.15) is 6.07 Å². The lowest BCUT2D eigenvalue weighted by Gasteiger charge is -2.35. The number of hydrogen-bond acceptors (Lipinski definition) is 7. The monoisotopic (exact) mass is 507 g/mol. The highest BCUT2D eigenvalue weighted by Crippen LogP contribution is 2.29. The minimum Gasteiger partial charge on any atom is -0.419 e. The quantitative estimate of drug-likeness (QED) is 0.449. The summed E-state index contributed by atoms with van der Waals surface area (Å²) in [7, 11) is -0.551. The first-order valence-electron chi connectivity index (χ1n) is 12.3. The van der Waals surface area contributed by atoms with Crippen LogP contribution in [0, 0.1) is 11.3 Å². The van der Waals surface area contributed by atoms with E-state index in [1.807, 2.05) is 0 Å². The maximum absolute atomic E-state index is 12.3. The zero-order valence-electron chi connectivity index (χ0n) is 21.1. The van der Waals surface area contributed by atoms with E-state index < -0.39 is 10.0 Å². The van der Waals surface area contributed by atoms with Crippen LogP contribution in [0.5, 0.6) is 0 Å². The van der Waals surface area contributed by atoms with E-state index in [-0.39, 0.29) is 22.5 Å². The number of nitriles is 1. The molecule has 0 spiro atoms. The van der Waals surface area contributed by atoms with E-state index in [1.165, 1.54) is 56.6 Å². The highest BCUT2D eigenvalue weighted by molar-refractivity contribution is 7.89. The maximum atomic E-state index is 12.3. The molecule has 1 aliphatic rings. The molecule has 0 radical (unpaired) electrons. The Hall–Kier alpha value is -3.19. The molecule has 1 N–H and O–H groups in total. The van der Waals surface area contributed by atoms with Crippen LogP contribution in [0.3, 0.4) is 0 Å². The summed E-state index contributed by atoms with van der Waals surface area (Å²) in [4.78, 5) is 7.02. The van der Waals surface area contributed by atoms with Gasteiger partial charge in [0.25, 0.3) is 0 Å². The van der Waals surface area contributed by atoms with Crippen molar-refractivity contribution in [2.24, 2.45) is 0 Å². The molecule has 36 heavy (non-hydrogen) atoms. The fourth-order valence-corrected chi connectivity index (χ4v) is 5.37. The number of anilines is 1. The first-order valence-corrected chi connectivity index (χ1v) is 13.8. The van der Waals surface area contributed by atoms with Gasteiger partial charge in [-0.25, -0.2) is 12.7 Å². The number of likely N-dealkylation sites (tertiary alicyclic amines) is 1. The summed E-state index contributed by atoms with van der Waals surface area (Å²) >= 11 is 0. The minimum absolute atomic E-state index is 0.145. The molecule has 1 atom stereocenters. The number of aryl methyl sites for hydroxylation is 1. The number of sulfonamides is 1. The zero-order chi connectivity index (χ0) is 25.7. The third kappa shape index (κ3) is 5.62. The van der Waals surface area contributed by atoms with Crippen LogP contribution in [0.1, 0.15) is 49.0 Å². The molecule has 0 bridgehead atoms. The Bertz CT molecular complexity index is 1300. The van der Waals surface area contributed by atoms with Crippen molar-refractivity contribution in [2.75, 3.05) is 39.0 Å². The fourth-order valence-electron chi connectivity index (χ4n) is 4.47. The van der Waals surface area contributed by atoms with Crippen molar-refractivity contribution in [1.29, 1.82) is 5.26 Å². The van der Waals surface area contributed by atoms with Crippen LogP contribution >= 0.6 is 0 Å². The first-order chi connectivity index (χ1) is 17.3. The van der Waals surface area contributed by atoms with Crippen LogP contribution in [0.2, 0.25) is 0 Å². The van der Waals surface area contributed by atoms with Crippen LogP contribution in [-0.4, -0.2) is 56.3 Å². The van der Waals surface area contributed by atoms with Gasteiger partial charge in [0.2, 0.25) is 27.5 Å². The van der Waals surface area contributed by atoms with Crippen molar-refractivity contribution in [1.82, 2.24) is 14.2 Å². The third-order valence-corrected chi connectivity index (χ3v) is 8.50. The van der Waals surface area contributed by atoms with E-state index >= 15 is 0 Å². The Balaban J connectivity index is 1.55. The normalized spacial score (nSPS) is 15.5. The number of oxazole rings is 1. The molecular weight excluding hydrogens is 474 g/mol. The number of benzene rings is 2. The Kier molecular flexibility index (Phi) is 8.09. The minimum atomic E-state index is -3.53. The molecule has 1 aromatic heterocycles. The molecule has 0 saturated carbocycles. The van der Waals surface area contributed by atoms with Gasteiger partial charge in [0.15, 0.2) is 0 Å². The van der Waals surface area contributed by atoms with Gasteiger partial charge in [-0.05, 0) is 67.7 Å². The average molecular weight is 508 g/mol. The van der Waals surface area contributed by atoms with Crippen LogP contribution in [0.4, 0.5) is 5.88 Å². The van der Waals surface area contributed by atoms with E-state index in [1.54, 1.807) is 12.1 Å². The molecular formula is C27H33N5O3S. The number of rotatable bonds is 9. The van der Waals surface area contributed by atoms with Crippen LogP contribution in [0.25, 0.3) is 11.5 Å². The lowest BCUT2D eigenvalue weighted by Crippen LogP contribution is -2.37. The van der Waals surface area contributed by atoms with Gasteiger partial charge >= 0.3 is 0 Å². The van der Waals surface area contributed by atoms with Crippen LogP contribution < -0.4 is 5.32 Å². The summed E-state index contributed by atoms with van der Waals surface area (Å²) in [6.45, 7) is 4.81. The van der Waals surface area contributed by atoms with E-state index in [4.69, 9.17) is 4.42 Å². The highest BCUT2D eigenvalue weighted by Gasteiger charge is 2.24. The van der Waals surface area contributed by atoms with Crippen molar-refractivity contribution >= 4 is 15.9 Å². The van der Waals surface area contributed by atoms with Gasteiger partial charge < -0.3 is 9.73 Å². The number of nitrogens with one attached hydrogen (secondary N) is 1. The molecule has 2 aromatic carbocycles. The van der Waals surface area contributed by atoms with Crippen LogP contribution in [0.15, 0.2) is 57.8 Å². The molecule has 3 aromatic rings. The summed E-state index contributed by atoms with van der Waals surface area (Å²) in [6.07, 6.45) is 4.61. The maximum Gasteiger partial charge on any atom is 0.242 e. The predicted molar refractivity (Wildman–Crippen MR) is 140 cm³/mol. The zero-order valence-corrected chi connectivity index (χ0v) is 21.9. The second kappa shape index (κ2) is 11.2. The van der Waals surface area contributed by atoms with Crippen molar-refractivity contribution in [2.45, 2.75) is 43.5 Å². The highest BCUT2D eigenvalue weighted by atomic mass is 32.2. The Morgan fingerprint density at radius 2 is 1.75 bits per heavy atom. The lowest BCUT2D eigenvalue weighted by atomic mass is 10.00. The Labute approximate surface area is 213 Å². The van der Waals surface area contributed by atoms with Crippen molar-refractivity contribution < 1.29 is 12.8 Å². The fraction of sp³-hybridized carbons (Fsp3) is 0.407. The van der Waals surface area contributed by atoms with Gasteiger partial charge in [-0.2, -0.15) is 10.2 Å². The summed E-state index contributed by atoms with van der Waals surface area (Å²) in [5.41, 5.74) is 3.31. The molecule has 1 unspecified atom stereocenters. The smallest absolute Gasteiger partial charge is 0.242 e. The number of aromatic nitrogens is 1. The molecule has 190 valence electrons. The molecule has 4 rings (SSSR count). The van der Waals surface area contributed by atoms with E-state index in [0.29, 0.717) is 18.0 Å². The second-order valence-corrected chi connectivity index (χ2v) is 11.4. The van der Waals surface area contributed by atoms with Gasteiger partial charge in [-0.15, -0.1) is 0 Å². The van der Waals surface area contributed by atoms with Gasteiger partial charge in [-0.1, -0.05) is 37.6 Å². The summed E-state index contributed by atoms with van der Waals surface area (Å²) in [5.74, 6) is 0.592. The first kappa shape index (κ1) is 25.9. The standard InChI is InChI=1S/C27H33N5O3S/c1-4-20-8-10-21(11-9-20)25(32-16-6-5-7-17-32)19-29-27-24(18-28)30-26(35-27)22-12-14-23(15-13-22)36(33,34)31(2)3/h8-15,25,29H,4-7,16-17,19H2,1-3H3. The molecule has 2 heterocycles. The molecule has 8 nitrogen and oxygen atoms in total. The molecule has 1 aliphatic heterocycles. The van der Waals surface area contributed by atoms with Crippen molar-refractivity contribution in [3.8, 4) is 17.5 Å². The predicted octanol–water partition coefficient (Wildman–Crippen LogP) is 4.67. The van der Waals surface area contributed by atoms with E-state index in [2.05, 4.69) is 52.5 Å². The molecule has 9 heteroatoms. The Morgan fingerprint density at radius 3 is 2.33 bits per heavy atom. The van der Waals surface area contributed by atoms with Crippen molar-refractivity contribution in [3.63, 3.8) is 0 Å². The summed E-state index contributed by atoms with van der Waals surface area (Å²) in [6, 6.07) is 17.3. The third-order valence-electron chi connectivity index (χ3n) is 6.67. The SMILES string of the molecule is CCc1ccc(C(CNc2oc(-c3ccc(S(=O)(=O)N(C)C)cc3)nc2C#N)N2CCCCC2)cc1. The number of piperidine rings is 1. The second-order valence-electron chi connectivity index (χ2n) is 9.21. The van der Waals surface area contributed by atoms with Gasteiger partial charge in [-0.3, -0.25) is 4.90 Å². The molecule has 1 fully saturated rings. The topological polar surface area (TPSA) is 102 Å². The summed E-state index contributed by atoms with van der Waals surface area (Å²) < 4.78 is 31.8. The largest absolute Gasteiger partial charge is 0.419 e. The van der Waals surface area contributed by atoms with Crippen molar-refractivity contribution in [3.05, 3.63) is 65.4 Å². The van der Waals surface area contributed by atoms with E-state index in [0.717, 1.165) is 23.8 Å². The summed E-state index contributed by atoms with van der Waals surface area (Å²) in [5, 5.41) is 13.0. The van der Waals surface area contributed by atoms with Gasteiger partial charge in [0, 0.05) is 26.2 Å². The molecule has 1 saturated heterocycles. The Morgan fingerprint density at radius 1 is 1.08 bits per heavy atom. The average Bonchev–Trinajstić information content (AvgIpc) is 3.33. The number of hydrogen-bond donors (Lipinski definition) is 1. The number of nitrogens with zero attached hydrogens (tertiary/aromatic N) is 4.